The molecule has 7 nitrogen and oxygen atoms in total. The third-order valence-electron chi connectivity index (χ3n) is 4.42. The van der Waals surface area contributed by atoms with Crippen molar-refractivity contribution in [2.75, 3.05) is 6.54 Å². The number of hydrogen-bond donors (Lipinski definition) is 1. The van der Waals surface area contributed by atoms with E-state index in [0.717, 1.165) is 22.9 Å². The van der Waals surface area contributed by atoms with E-state index in [0.29, 0.717) is 24.5 Å². The summed E-state index contributed by atoms with van der Waals surface area (Å²) in [6, 6.07) is 11.1. The number of aromatic nitrogens is 4. The van der Waals surface area contributed by atoms with Crippen molar-refractivity contribution < 1.29 is 4.79 Å². The molecule has 0 unspecified atom stereocenters. The fourth-order valence-corrected chi connectivity index (χ4v) is 3.16. The lowest BCUT2D eigenvalue weighted by molar-refractivity contribution is 0.0951. The molecule has 1 aliphatic rings. The van der Waals surface area contributed by atoms with Crippen LogP contribution in [0.4, 0.5) is 0 Å². The van der Waals surface area contributed by atoms with Gasteiger partial charge in [-0.3, -0.25) is 14.3 Å². The molecule has 138 valence electrons. The van der Waals surface area contributed by atoms with Crippen LogP contribution >= 0.6 is 15.9 Å². The Balaban J connectivity index is 1.49. The van der Waals surface area contributed by atoms with Gasteiger partial charge in [-0.25, -0.2) is 9.48 Å². The quantitative estimate of drug-likeness (QED) is 0.655. The Kier molecular flexibility index (Phi) is 4.89. The molecule has 1 N–H and O–H groups in total. The summed E-state index contributed by atoms with van der Waals surface area (Å²) in [6.45, 7) is 0.636. The van der Waals surface area contributed by atoms with E-state index in [2.05, 4.69) is 31.3 Å². The van der Waals surface area contributed by atoms with Crippen LogP contribution in [0.25, 0.3) is 11.4 Å². The summed E-state index contributed by atoms with van der Waals surface area (Å²) in [5, 5.41) is 7.32. The monoisotopic (exact) mass is 427 g/mol. The van der Waals surface area contributed by atoms with E-state index in [1.807, 2.05) is 24.3 Å². The highest BCUT2D eigenvalue weighted by atomic mass is 79.9. The summed E-state index contributed by atoms with van der Waals surface area (Å²) in [6.07, 6.45) is 5.37. The number of pyridine rings is 1. The molecule has 1 aromatic carbocycles. The number of nitrogens with zero attached hydrogens (tertiary/aromatic N) is 4. The van der Waals surface area contributed by atoms with Crippen molar-refractivity contribution in [2.24, 2.45) is 0 Å². The van der Waals surface area contributed by atoms with Gasteiger partial charge in [0.25, 0.3) is 5.91 Å². The molecule has 4 rings (SSSR count). The van der Waals surface area contributed by atoms with E-state index in [1.54, 1.807) is 29.1 Å². The molecule has 1 fully saturated rings. The van der Waals surface area contributed by atoms with E-state index < -0.39 is 0 Å². The molecule has 1 aliphatic carbocycles. The van der Waals surface area contributed by atoms with Crippen LogP contribution in [-0.4, -0.2) is 31.8 Å². The summed E-state index contributed by atoms with van der Waals surface area (Å²) < 4.78 is 4.08. The second-order valence-corrected chi connectivity index (χ2v) is 7.35. The van der Waals surface area contributed by atoms with E-state index in [4.69, 9.17) is 0 Å². The topological polar surface area (TPSA) is 81.8 Å². The Morgan fingerprint density at radius 1 is 1.22 bits per heavy atom. The largest absolute Gasteiger partial charge is 0.350 e. The zero-order chi connectivity index (χ0) is 18.8. The number of hydrogen-bond acceptors (Lipinski definition) is 4. The molecule has 0 spiro atoms. The highest BCUT2D eigenvalue weighted by Crippen LogP contribution is 2.36. The first-order valence-corrected chi connectivity index (χ1v) is 9.56. The van der Waals surface area contributed by atoms with Gasteiger partial charge in [0.2, 0.25) is 0 Å². The molecule has 0 saturated heterocycles. The third-order valence-corrected chi connectivity index (χ3v) is 4.95. The standard InChI is InChI=1S/C19H18BrN5O2/c20-15-5-3-13(4-6-15)18(26)22-10-11-24-19(27)25(16-7-8-16)17(23-24)14-2-1-9-21-12-14/h1-6,9,12,16H,7-8,10-11H2,(H,22,26). The van der Waals surface area contributed by atoms with Gasteiger partial charge in [-0.15, -0.1) is 5.10 Å². The van der Waals surface area contributed by atoms with Crippen molar-refractivity contribution in [3.8, 4) is 11.4 Å². The number of carbonyl (C=O) groups excluding carboxylic acids is 1. The minimum absolute atomic E-state index is 0.144. The summed E-state index contributed by atoms with van der Waals surface area (Å²) in [4.78, 5) is 29.1. The van der Waals surface area contributed by atoms with Gasteiger partial charge in [-0.05, 0) is 49.2 Å². The lowest BCUT2D eigenvalue weighted by Gasteiger charge is -2.05. The zero-order valence-corrected chi connectivity index (χ0v) is 16.1. The summed E-state index contributed by atoms with van der Waals surface area (Å²) in [7, 11) is 0. The number of amides is 1. The van der Waals surface area contributed by atoms with Gasteiger partial charge < -0.3 is 5.32 Å². The lowest BCUT2D eigenvalue weighted by atomic mass is 10.2. The maximum absolute atomic E-state index is 12.8. The van der Waals surface area contributed by atoms with E-state index in [9.17, 15) is 9.59 Å². The van der Waals surface area contributed by atoms with Crippen molar-refractivity contribution in [2.45, 2.75) is 25.4 Å². The Bertz CT molecular complexity index is 1010. The van der Waals surface area contributed by atoms with Crippen molar-refractivity contribution >= 4 is 21.8 Å². The summed E-state index contributed by atoms with van der Waals surface area (Å²) in [5.41, 5.74) is 1.25. The number of rotatable bonds is 6. The van der Waals surface area contributed by atoms with Crippen LogP contribution in [0.15, 0.2) is 58.1 Å². The van der Waals surface area contributed by atoms with E-state index in [-0.39, 0.29) is 17.6 Å². The maximum atomic E-state index is 12.8. The molecule has 27 heavy (non-hydrogen) atoms. The van der Waals surface area contributed by atoms with Gasteiger partial charge in [0.1, 0.15) is 0 Å². The Labute approximate surface area is 164 Å². The Morgan fingerprint density at radius 2 is 2.00 bits per heavy atom. The average molecular weight is 428 g/mol. The molecule has 2 aromatic heterocycles. The average Bonchev–Trinajstić information content (AvgIpc) is 3.47. The summed E-state index contributed by atoms with van der Waals surface area (Å²) >= 11 is 3.35. The molecule has 8 heteroatoms. The van der Waals surface area contributed by atoms with Gasteiger partial charge in [0.05, 0.1) is 6.54 Å². The molecular weight excluding hydrogens is 410 g/mol. The Morgan fingerprint density at radius 3 is 2.67 bits per heavy atom. The zero-order valence-electron chi connectivity index (χ0n) is 14.5. The normalized spacial score (nSPS) is 13.5. The maximum Gasteiger partial charge on any atom is 0.346 e. The molecule has 0 bridgehead atoms. The predicted octanol–water partition coefficient (Wildman–Crippen LogP) is 2.63. The molecule has 1 saturated carbocycles. The van der Waals surface area contributed by atoms with Crippen molar-refractivity contribution in [3.63, 3.8) is 0 Å². The molecule has 0 radical (unpaired) electrons. The smallest absolute Gasteiger partial charge is 0.346 e. The number of benzene rings is 1. The number of nitrogens with one attached hydrogen (secondary N) is 1. The fourth-order valence-electron chi connectivity index (χ4n) is 2.90. The second-order valence-electron chi connectivity index (χ2n) is 6.43. The van der Waals surface area contributed by atoms with Crippen LogP contribution in [0.5, 0.6) is 0 Å². The van der Waals surface area contributed by atoms with Crippen LogP contribution in [0.3, 0.4) is 0 Å². The molecular formula is C19H18BrN5O2. The van der Waals surface area contributed by atoms with Crippen molar-refractivity contribution in [3.05, 3.63) is 69.3 Å². The highest BCUT2D eigenvalue weighted by Gasteiger charge is 2.30. The number of halogens is 1. The Hall–Kier alpha value is -2.74. The fraction of sp³-hybridized carbons (Fsp3) is 0.263. The lowest BCUT2D eigenvalue weighted by Crippen LogP contribution is -2.32. The first-order valence-electron chi connectivity index (χ1n) is 8.77. The van der Waals surface area contributed by atoms with Crippen LogP contribution < -0.4 is 11.0 Å². The summed E-state index contributed by atoms with van der Waals surface area (Å²) in [5.74, 6) is 0.458. The van der Waals surface area contributed by atoms with Gasteiger partial charge in [0, 0.05) is 40.6 Å². The molecule has 0 aliphatic heterocycles. The van der Waals surface area contributed by atoms with Crippen molar-refractivity contribution in [1.82, 2.24) is 24.6 Å². The van der Waals surface area contributed by atoms with Crippen LogP contribution in [-0.2, 0) is 6.54 Å². The van der Waals surface area contributed by atoms with Gasteiger partial charge in [-0.1, -0.05) is 15.9 Å². The third kappa shape index (κ3) is 3.85. The van der Waals surface area contributed by atoms with Crippen LogP contribution in [0.2, 0.25) is 0 Å². The van der Waals surface area contributed by atoms with Gasteiger partial charge in [-0.2, -0.15) is 0 Å². The van der Waals surface area contributed by atoms with Gasteiger partial charge >= 0.3 is 5.69 Å². The van der Waals surface area contributed by atoms with E-state index >= 15 is 0 Å². The minimum Gasteiger partial charge on any atom is -0.350 e. The van der Waals surface area contributed by atoms with Crippen LogP contribution in [0, 0.1) is 0 Å². The first-order chi connectivity index (χ1) is 13.1. The molecule has 3 aromatic rings. The van der Waals surface area contributed by atoms with Gasteiger partial charge in [0.15, 0.2) is 5.82 Å². The molecule has 1 amide bonds. The molecule has 2 heterocycles. The number of carbonyl (C=O) groups is 1. The van der Waals surface area contributed by atoms with Crippen LogP contribution in [0.1, 0.15) is 29.2 Å². The minimum atomic E-state index is -0.176. The first kappa shape index (κ1) is 17.7. The molecule has 0 atom stereocenters. The van der Waals surface area contributed by atoms with E-state index in [1.165, 1.54) is 4.68 Å². The second kappa shape index (κ2) is 7.48. The van der Waals surface area contributed by atoms with Crippen molar-refractivity contribution in [1.29, 1.82) is 0 Å². The predicted molar refractivity (Wildman–Crippen MR) is 104 cm³/mol. The SMILES string of the molecule is O=C(NCCn1nc(-c2cccnc2)n(C2CC2)c1=O)c1ccc(Br)cc1. The highest BCUT2D eigenvalue weighted by molar-refractivity contribution is 9.10.